The second kappa shape index (κ2) is 9.40. The number of carbonyl (C=O) groups is 2. The summed E-state index contributed by atoms with van der Waals surface area (Å²) in [6, 6.07) is 24.3. The summed E-state index contributed by atoms with van der Waals surface area (Å²) in [6.45, 7) is 0. The Morgan fingerprint density at radius 1 is 0.871 bits per heavy atom. The predicted molar refractivity (Wildman–Crippen MR) is 125 cm³/mol. The molecule has 0 unspecified atom stereocenters. The van der Waals surface area contributed by atoms with Gasteiger partial charge in [-0.15, -0.1) is 0 Å². The van der Waals surface area contributed by atoms with E-state index in [1.807, 2.05) is 66.7 Å². The van der Waals surface area contributed by atoms with Gasteiger partial charge in [0.25, 0.3) is 5.91 Å². The lowest BCUT2D eigenvalue weighted by Gasteiger charge is -2.11. The summed E-state index contributed by atoms with van der Waals surface area (Å²) < 4.78 is 0.898. The number of hydrogen-bond donors (Lipinski definition) is 3. The number of nitrogens with one attached hydrogen (secondary N) is 3. The SMILES string of the molecule is O=C(Cc1cccc(Br)c1)NNC(=O)c1ccc(Nc2ccnc3ccccc23)cc1. The third kappa shape index (κ3) is 5.26. The molecule has 0 aliphatic heterocycles. The van der Waals surface area contributed by atoms with E-state index < -0.39 is 0 Å². The van der Waals surface area contributed by atoms with Crippen LogP contribution in [-0.2, 0) is 11.2 Å². The molecule has 1 aromatic heterocycles. The normalized spacial score (nSPS) is 10.5. The van der Waals surface area contributed by atoms with E-state index in [4.69, 9.17) is 0 Å². The van der Waals surface area contributed by atoms with Crippen LogP contribution < -0.4 is 16.2 Å². The molecule has 0 radical (unpaired) electrons. The van der Waals surface area contributed by atoms with Gasteiger partial charge in [0, 0.05) is 33.0 Å². The van der Waals surface area contributed by atoms with Crippen LogP contribution in [0.2, 0.25) is 0 Å². The van der Waals surface area contributed by atoms with Crippen LogP contribution >= 0.6 is 15.9 Å². The number of nitrogens with zero attached hydrogens (tertiary/aromatic N) is 1. The first kappa shape index (κ1) is 20.6. The highest BCUT2D eigenvalue weighted by Crippen LogP contribution is 2.25. The number of para-hydroxylation sites is 1. The van der Waals surface area contributed by atoms with Gasteiger partial charge in [-0.2, -0.15) is 0 Å². The van der Waals surface area contributed by atoms with Crippen molar-refractivity contribution in [3.05, 3.63) is 101 Å². The van der Waals surface area contributed by atoms with Gasteiger partial charge >= 0.3 is 0 Å². The molecule has 4 rings (SSSR count). The van der Waals surface area contributed by atoms with Crippen LogP contribution in [0.4, 0.5) is 11.4 Å². The zero-order chi connectivity index (χ0) is 21.6. The fourth-order valence-electron chi connectivity index (χ4n) is 3.14. The number of anilines is 2. The quantitative estimate of drug-likeness (QED) is 0.364. The van der Waals surface area contributed by atoms with Gasteiger partial charge in [0.15, 0.2) is 0 Å². The average molecular weight is 475 g/mol. The topological polar surface area (TPSA) is 83.1 Å². The number of carbonyl (C=O) groups excluding carboxylic acids is 2. The van der Waals surface area contributed by atoms with Gasteiger partial charge in [-0.3, -0.25) is 25.4 Å². The second-order valence-corrected chi connectivity index (χ2v) is 7.80. The number of rotatable bonds is 5. The number of amides is 2. The lowest BCUT2D eigenvalue weighted by Crippen LogP contribution is -2.42. The monoisotopic (exact) mass is 474 g/mol. The smallest absolute Gasteiger partial charge is 0.269 e. The van der Waals surface area contributed by atoms with Crippen molar-refractivity contribution in [2.45, 2.75) is 6.42 Å². The molecular weight excluding hydrogens is 456 g/mol. The molecule has 3 N–H and O–H groups in total. The lowest BCUT2D eigenvalue weighted by molar-refractivity contribution is -0.121. The number of hydrazine groups is 1. The summed E-state index contributed by atoms with van der Waals surface area (Å²) >= 11 is 3.37. The van der Waals surface area contributed by atoms with Gasteiger partial charge in [0.2, 0.25) is 5.91 Å². The highest BCUT2D eigenvalue weighted by molar-refractivity contribution is 9.10. The van der Waals surface area contributed by atoms with Gasteiger partial charge in [-0.05, 0) is 54.1 Å². The van der Waals surface area contributed by atoms with Gasteiger partial charge in [-0.25, -0.2) is 0 Å². The van der Waals surface area contributed by atoms with E-state index in [1.165, 1.54) is 0 Å². The third-order valence-corrected chi connectivity index (χ3v) is 5.14. The van der Waals surface area contributed by atoms with Gasteiger partial charge in [0.05, 0.1) is 11.9 Å². The van der Waals surface area contributed by atoms with Crippen molar-refractivity contribution in [3.63, 3.8) is 0 Å². The van der Waals surface area contributed by atoms with Crippen molar-refractivity contribution in [1.29, 1.82) is 0 Å². The van der Waals surface area contributed by atoms with Gasteiger partial charge < -0.3 is 5.32 Å². The predicted octanol–water partition coefficient (Wildman–Crippen LogP) is 4.74. The molecule has 2 amide bonds. The van der Waals surface area contributed by atoms with Crippen LogP contribution in [0.15, 0.2) is 89.5 Å². The number of aromatic nitrogens is 1. The van der Waals surface area contributed by atoms with E-state index in [0.717, 1.165) is 32.3 Å². The van der Waals surface area contributed by atoms with Crippen molar-refractivity contribution in [2.24, 2.45) is 0 Å². The van der Waals surface area contributed by atoms with Crippen LogP contribution in [0.25, 0.3) is 10.9 Å². The molecular formula is C24H19BrN4O2. The minimum atomic E-state index is -0.386. The summed E-state index contributed by atoms with van der Waals surface area (Å²) in [6.07, 6.45) is 1.92. The first-order chi connectivity index (χ1) is 15.1. The summed E-state index contributed by atoms with van der Waals surface area (Å²) in [5.41, 5.74) is 8.86. The third-order valence-electron chi connectivity index (χ3n) is 4.64. The maximum absolute atomic E-state index is 12.3. The van der Waals surface area contributed by atoms with Crippen LogP contribution in [-0.4, -0.2) is 16.8 Å². The summed E-state index contributed by atoms with van der Waals surface area (Å²) in [5.74, 6) is -0.683. The van der Waals surface area contributed by atoms with Crippen LogP contribution in [0.5, 0.6) is 0 Å². The van der Waals surface area contributed by atoms with Gasteiger partial charge in [-0.1, -0.05) is 46.3 Å². The molecule has 0 saturated heterocycles. The molecule has 6 nitrogen and oxygen atoms in total. The summed E-state index contributed by atoms with van der Waals surface area (Å²) in [7, 11) is 0. The minimum Gasteiger partial charge on any atom is -0.355 e. The number of halogens is 1. The molecule has 0 atom stereocenters. The fraction of sp³-hybridized carbons (Fsp3) is 0.0417. The molecule has 154 valence electrons. The Morgan fingerprint density at radius 2 is 1.68 bits per heavy atom. The Bertz CT molecular complexity index is 1240. The average Bonchev–Trinajstić information content (AvgIpc) is 2.78. The Balaban J connectivity index is 1.35. The van der Waals surface area contributed by atoms with E-state index in [1.54, 1.807) is 18.3 Å². The van der Waals surface area contributed by atoms with Crippen LogP contribution in [0.3, 0.4) is 0 Å². The largest absolute Gasteiger partial charge is 0.355 e. The highest BCUT2D eigenvalue weighted by atomic mass is 79.9. The van der Waals surface area contributed by atoms with Crippen LogP contribution in [0, 0.1) is 0 Å². The number of fused-ring (bicyclic) bond motifs is 1. The van der Waals surface area contributed by atoms with Crippen molar-refractivity contribution in [1.82, 2.24) is 15.8 Å². The molecule has 3 aromatic carbocycles. The molecule has 0 aliphatic carbocycles. The molecule has 0 bridgehead atoms. The van der Waals surface area contributed by atoms with Gasteiger partial charge in [0.1, 0.15) is 0 Å². The maximum Gasteiger partial charge on any atom is 0.269 e. The maximum atomic E-state index is 12.3. The molecule has 1 heterocycles. The van der Waals surface area contributed by atoms with Crippen molar-refractivity contribution in [3.8, 4) is 0 Å². The first-order valence-electron chi connectivity index (χ1n) is 9.63. The fourth-order valence-corrected chi connectivity index (χ4v) is 3.59. The Morgan fingerprint density at radius 3 is 2.48 bits per heavy atom. The molecule has 0 spiro atoms. The molecule has 0 aliphatic rings. The Kier molecular flexibility index (Phi) is 6.24. The van der Waals surface area contributed by atoms with Crippen molar-refractivity contribution in [2.75, 3.05) is 5.32 Å². The summed E-state index contributed by atoms with van der Waals surface area (Å²) in [4.78, 5) is 28.8. The van der Waals surface area contributed by atoms with Crippen molar-refractivity contribution >= 4 is 50.0 Å². The first-order valence-corrected chi connectivity index (χ1v) is 10.4. The molecule has 0 saturated carbocycles. The number of pyridine rings is 1. The van der Waals surface area contributed by atoms with Crippen LogP contribution in [0.1, 0.15) is 15.9 Å². The Labute approximate surface area is 187 Å². The molecule has 0 fully saturated rings. The second-order valence-electron chi connectivity index (χ2n) is 6.89. The highest BCUT2D eigenvalue weighted by Gasteiger charge is 2.09. The van der Waals surface area contributed by atoms with E-state index in [9.17, 15) is 9.59 Å². The molecule has 7 heteroatoms. The zero-order valence-electron chi connectivity index (χ0n) is 16.4. The minimum absolute atomic E-state index is 0.169. The lowest BCUT2D eigenvalue weighted by atomic mass is 10.1. The van der Waals surface area contributed by atoms with E-state index in [2.05, 4.69) is 37.1 Å². The van der Waals surface area contributed by atoms with E-state index in [0.29, 0.717) is 5.56 Å². The molecule has 31 heavy (non-hydrogen) atoms. The van der Waals surface area contributed by atoms with E-state index >= 15 is 0 Å². The number of benzene rings is 3. The number of hydrogen-bond acceptors (Lipinski definition) is 4. The van der Waals surface area contributed by atoms with Crippen molar-refractivity contribution < 1.29 is 9.59 Å². The Hall–Kier alpha value is -3.71. The molecule has 4 aromatic rings. The van der Waals surface area contributed by atoms with E-state index in [-0.39, 0.29) is 18.2 Å². The summed E-state index contributed by atoms with van der Waals surface area (Å²) in [5, 5.41) is 4.36. The standard InChI is InChI=1S/C24H19BrN4O2/c25-18-5-3-4-16(14-18)15-23(30)28-29-24(31)17-8-10-19(11-9-17)27-22-12-13-26-21-7-2-1-6-20(21)22/h1-14H,15H2,(H,26,27)(H,28,30)(H,29,31). The zero-order valence-corrected chi connectivity index (χ0v) is 18.0.